The van der Waals surface area contributed by atoms with Gasteiger partial charge in [0, 0.05) is 11.0 Å². The van der Waals surface area contributed by atoms with Crippen LogP contribution in [0.1, 0.15) is 55.9 Å². The van der Waals surface area contributed by atoms with Gasteiger partial charge in [-0.15, -0.1) is 0 Å². The van der Waals surface area contributed by atoms with Crippen molar-refractivity contribution >= 4 is 17.9 Å². The molecule has 192 valence electrons. The van der Waals surface area contributed by atoms with Crippen LogP contribution >= 0.6 is 0 Å². The van der Waals surface area contributed by atoms with E-state index in [-0.39, 0.29) is 41.7 Å². The van der Waals surface area contributed by atoms with Crippen LogP contribution in [0.15, 0.2) is 85.1 Å². The van der Waals surface area contributed by atoms with E-state index in [4.69, 9.17) is 4.74 Å². The number of nitrogens with zero attached hydrogens (tertiary/aromatic N) is 2. The second kappa shape index (κ2) is 11.0. The van der Waals surface area contributed by atoms with E-state index in [1.807, 2.05) is 90.5 Å². The number of carbonyl (C=O) groups excluding carboxylic acids is 2. The number of hydrogen-bond donors (Lipinski definition) is 1. The van der Waals surface area contributed by atoms with E-state index in [9.17, 15) is 14.7 Å². The zero-order valence-corrected chi connectivity index (χ0v) is 24.1. The average Bonchev–Trinajstić information content (AvgIpc) is 3.87. The molecule has 2 aliphatic rings. The molecule has 1 atom stereocenters. The molecule has 6 rings (SSSR count). The predicted molar refractivity (Wildman–Crippen MR) is 142 cm³/mol. The quantitative estimate of drug-likeness (QED) is 0.354. The first-order valence-corrected chi connectivity index (χ1v) is 13.0. The van der Waals surface area contributed by atoms with Gasteiger partial charge in [-0.3, -0.25) is 5.32 Å². The van der Waals surface area contributed by atoms with Crippen molar-refractivity contribution in [2.45, 2.75) is 50.2 Å². The Labute approximate surface area is 249 Å². The summed E-state index contributed by atoms with van der Waals surface area (Å²) in [7, 11) is 0. The maximum absolute atomic E-state index is 12.8. The number of aromatic nitrogens is 2. The number of rotatable bonds is 8. The van der Waals surface area contributed by atoms with Gasteiger partial charge in [0.2, 0.25) is 0 Å². The van der Waals surface area contributed by atoms with Crippen molar-refractivity contribution in [3.8, 4) is 22.3 Å². The van der Waals surface area contributed by atoms with Crippen molar-refractivity contribution in [3.05, 3.63) is 96.2 Å². The molecule has 1 heterocycles. The molecule has 2 fully saturated rings. The van der Waals surface area contributed by atoms with Crippen LogP contribution in [0.5, 0.6) is 0 Å². The number of benzene rings is 3. The molecule has 1 amide bonds. The molecule has 3 aromatic carbocycles. The smallest absolute Gasteiger partial charge is 0.549 e. The van der Waals surface area contributed by atoms with Gasteiger partial charge in [0.05, 0.1) is 18.2 Å². The molecule has 1 N–H and O–H groups in total. The fraction of sp³-hybridized carbons (Fsp3) is 0.258. The van der Waals surface area contributed by atoms with E-state index in [0.717, 1.165) is 46.2 Å². The van der Waals surface area contributed by atoms with Gasteiger partial charge in [0.15, 0.2) is 0 Å². The third-order valence-corrected chi connectivity index (χ3v) is 7.57. The minimum Gasteiger partial charge on any atom is -0.549 e. The van der Waals surface area contributed by atoms with Gasteiger partial charge in [-0.05, 0) is 60.4 Å². The molecule has 0 bridgehead atoms. The van der Waals surface area contributed by atoms with E-state index in [1.54, 1.807) is 6.20 Å². The van der Waals surface area contributed by atoms with Gasteiger partial charge in [0.25, 0.3) is 0 Å². The maximum atomic E-state index is 12.8. The first kappa shape index (κ1) is 27.2. The molecular weight excluding hydrogens is 501 g/mol. The standard InChI is InChI=1S/C31H29N3O4.Na/c1-20(21-5-3-2-4-6-21)38-30(37)33-28-27(19-32-34(28)26-15-16-26)24-9-7-22(8-10-24)23-11-13-25(14-12-23)31(17-18-31)29(35)36;/h2-14,19-20,26H,15-18H2,1H3,(H,33,37)(H,35,36);/q;+1/p-1/t20-;/m1./s1. The van der Waals surface area contributed by atoms with Crippen molar-refractivity contribution in [3.63, 3.8) is 0 Å². The Bertz CT molecular complexity index is 1470. The summed E-state index contributed by atoms with van der Waals surface area (Å²) in [5.74, 6) is -0.365. The van der Waals surface area contributed by atoms with E-state index >= 15 is 0 Å². The van der Waals surface area contributed by atoms with E-state index < -0.39 is 17.5 Å². The van der Waals surface area contributed by atoms with Crippen LogP contribution in [0.3, 0.4) is 0 Å². The van der Waals surface area contributed by atoms with Gasteiger partial charge < -0.3 is 14.6 Å². The third kappa shape index (κ3) is 5.53. The monoisotopic (exact) mass is 529 g/mol. The zero-order chi connectivity index (χ0) is 26.3. The van der Waals surface area contributed by atoms with Crippen LogP contribution in [0.25, 0.3) is 22.3 Å². The first-order valence-electron chi connectivity index (χ1n) is 13.0. The van der Waals surface area contributed by atoms with Crippen LogP contribution < -0.4 is 40.0 Å². The van der Waals surface area contributed by atoms with Crippen molar-refractivity contribution in [1.82, 2.24) is 9.78 Å². The van der Waals surface area contributed by atoms with E-state index in [0.29, 0.717) is 18.7 Å². The Morgan fingerprint density at radius 2 is 1.54 bits per heavy atom. The number of carboxylic acids is 1. The number of hydrogen-bond acceptors (Lipinski definition) is 5. The second-order valence-electron chi connectivity index (χ2n) is 10.2. The largest absolute Gasteiger partial charge is 1.00 e. The molecule has 8 heteroatoms. The second-order valence-corrected chi connectivity index (χ2v) is 10.2. The summed E-state index contributed by atoms with van der Waals surface area (Å²) in [5, 5.41) is 19.0. The molecule has 2 saturated carbocycles. The van der Waals surface area contributed by atoms with Crippen LogP contribution in [-0.2, 0) is 14.9 Å². The number of ether oxygens (including phenoxy) is 1. The number of carbonyl (C=O) groups is 2. The molecule has 0 aliphatic heterocycles. The molecule has 7 nitrogen and oxygen atoms in total. The Morgan fingerprint density at radius 1 is 0.949 bits per heavy atom. The first-order chi connectivity index (χ1) is 18.4. The number of aliphatic carboxylic acids is 1. The Hall–Kier alpha value is -3.39. The molecule has 2 aliphatic carbocycles. The molecule has 0 unspecified atom stereocenters. The number of amides is 1. The molecule has 0 radical (unpaired) electrons. The zero-order valence-electron chi connectivity index (χ0n) is 22.1. The van der Waals surface area contributed by atoms with Crippen molar-refractivity contribution < 1.29 is 49.0 Å². The van der Waals surface area contributed by atoms with Crippen molar-refractivity contribution in [1.29, 1.82) is 0 Å². The summed E-state index contributed by atoms with van der Waals surface area (Å²) in [6.45, 7) is 1.85. The van der Waals surface area contributed by atoms with Crippen LogP contribution in [0.2, 0.25) is 0 Å². The van der Waals surface area contributed by atoms with E-state index in [2.05, 4.69) is 10.4 Å². The van der Waals surface area contributed by atoms with Crippen molar-refractivity contribution in [2.24, 2.45) is 0 Å². The van der Waals surface area contributed by atoms with Gasteiger partial charge >= 0.3 is 35.7 Å². The summed E-state index contributed by atoms with van der Waals surface area (Å²) < 4.78 is 7.53. The third-order valence-electron chi connectivity index (χ3n) is 7.57. The number of nitrogens with one attached hydrogen (secondary N) is 1. The Kier molecular flexibility index (Phi) is 7.67. The number of carboxylic acid groups (broad SMARTS) is 1. The summed E-state index contributed by atoms with van der Waals surface area (Å²) in [4.78, 5) is 24.4. The minimum atomic E-state index is -0.996. The summed E-state index contributed by atoms with van der Waals surface area (Å²) in [6.07, 6.45) is 4.20. The van der Waals surface area contributed by atoms with Gasteiger partial charge in [0.1, 0.15) is 11.9 Å². The summed E-state index contributed by atoms with van der Waals surface area (Å²) >= 11 is 0. The molecule has 1 aromatic heterocycles. The fourth-order valence-electron chi connectivity index (χ4n) is 4.93. The molecular formula is C31H28N3NaO4. The summed E-state index contributed by atoms with van der Waals surface area (Å²) in [5.41, 5.74) is 4.68. The topological polar surface area (TPSA) is 96.3 Å². The van der Waals surface area contributed by atoms with Crippen LogP contribution in [0, 0.1) is 0 Å². The Morgan fingerprint density at radius 3 is 2.10 bits per heavy atom. The van der Waals surface area contributed by atoms with Crippen LogP contribution in [-0.4, -0.2) is 21.8 Å². The Balaban J connectivity index is 0.00000308. The van der Waals surface area contributed by atoms with Crippen molar-refractivity contribution in [2.75, 3.05) is 5.32 Å². The average molecular weight is 530 g/mol. The molecule has 0 saturated heterocycles. The normalized spacial score (nSPS) is 16.0. The van der Waals surface area contributed by atoms with E-state index in [1.165, 1.54) is 0 Å². The van der Waals surface area contributed by atoms with Gasteiger partial charge in [-0.1, -0.05) is 78.9 Å². The van der Waals surface area contributed by atoms with Crippen LogP contribution in [0.4, 0.5) is 10.6 Å². The fourth-order valence-corrected chi connectivity index (χ4v) is 4.93. The van der Waals surface area contributed by atoms with Gasteiger partial charge in [-0.25, -0.2) is 9.48 Å². The summed E-state index contributed by atoms with van der Waals surface area (Å²) in [6, 6.07) is 25.6. The SMILES string of the molecule is C[C@@H](OC(=O)Nc1c(-c2ccc(-c3ccc(C4(C(=O)[O-])CC4)cc3)cc2)cnn1C1CC1)c1ccccc1.[Na+]. The molecule has 0 spiro atoms. The van der Waals surface area contributed by atoms with Gasteiger partial charge in [-0.2, -0.15) is 5.10 Å². The molecule has 4 aromatic rings. The predicted octanol–water partition coefficient (Wildman–Crippen LogP) is 2.65. The number of anilines is 1. The molecule has 39 heavy (non-hydrogen) atoms. The minimum absolute atomic E-state index is 0. The maximum Gasteiger partial charge on any atom is 1.00 e.